The molecule has 0 atom stereocenters. The molecule has 0 unspecified atom stereocenters. The van der Waals surface area contributed by atoms with E-state index >= 15 is 0 Å². The van der Waals surface area contributed by atoms with Crippen LogP contribution < -0.4 is 9.47 Å². The fourth-order valence-corrected chi connectivity index (χ4v) is 10.6. The van der Waals surface area contributed by atoms with Crippen LogP contribution in [-0.2, 0) is 10.1 Å². The van der Waals surface area contributed by atoms with Crippen molar-refractivity contribution in [3.05, 3.63) is 81.6 Å². The summed E-state index contributed by atoms with van der Waals surface area (Å²) in [6, 6.07) is 9.01. The number of benzene rings is 3. The number of hydrogen-bond donors (Lipinski definition) is 1. The number of rotatable bonds is 6. The molecule has 0 heterocycles. The molecule has 0 aliphatic rings. The van der Waals surface area contributed by atoms with Crippen molar-refractivity contribution >= 4 is 141 Å². The van der Waals surface area contributed by atoms with Crippen LogP contribution >= 0.6 is 113 Å². The molecule has 188 valence electrons. The summed E-state index contributed by atoms with van der Waals surface area (Å²) in [7, 11) is -4.53. The van der Waals surface area contributed by atoms with E-state index in [0.29, 0.717) is 7.14 Å². The van der Waals surface area contributed by atoms with E-state index < -0.39 is 38.2 Å². The van der Waals surface area contributed by atoms with Gasteiger partial charge in [-0.15, -0.1) is 0 Å². The van der Waals surface area contributed by atoms with E-state index in [-0.39, 0.29) is 29.1 Å². The summed E-state index contributed by atoms with van der Waals surface area (Å²) < 4.78 is 45.8. The molecule has 0 fully saturated rings. The van der Waals surface area contributed by atoms with Crippen LogP contribution in [0.4, 0.5) is 5.69 Å². The Hall–Kier alpha value is -0.440. The van der Waals surface area contributed by atoms with E-state index in [1.165, 1.54) is 12.1 Å². The van der Waals surface area contributed by atoms with Gasteiger partial charge >= 0.3 is 11.9 Å². The lowest BCUT2D eigenvalue weighted by Crippen LogP contribution is -2.19. The monoisotopic (exact) mass is 1070 g/mol. The zero-order valence-electron chi connectivity index (χ0n) is 17.0. The van der Waals surface area contributed by atoms with E-state index in [0.717, 1.165) is 21.8 Å². The molecule has 0 aliphatic carbocycles. The van der Waals surface area contributed by atoms with Crippen LogP contribution in [0.5, 0.6) is 11.5 Å². The Morgan fingerprint density at radius 1 is 0.806 bits per heavy atom. The first-order chi connectivity index (χ1) is 16.7. The summed E-state index contributed by atoms with van der Waals surface area (Å²) in [5.74, 6) is -1.87. The van der Waals surface area contributed by atoms with E-state index in [9.17, 15) is 32.7 Å². The Kier molecular flexibility index (Phi) is 10.2. The highest BCUT2D eigenvalue weighted by molar-refractivity contribution is 14.1. The number of ether oxygens (including phenoxy) is 2. The SMILES string of the molecule is O=C(Oc1cc(I)c(S(=O)(=O)O)c(I)c1)c1cc([N+](=O)[O-])ccc1C(=O)Oc1c(I)cc(I)cc1I. The fraction of sp³-hybridized carbons (Fsp3) is 0. The van der Waals surface area contributed by atoms with Gasteiger partial charge in [-0.2, -0.15) is 8.42 Å². The summed E-state index contributed by atoms with van der Waals surface area (Å²) >= 11 is 9.41. The first-order valence-electron chi connectivity index (χ1n) is 9.03. The zero-order chi connectivity index (χ0) is 26.9. The van der Waals surface area contributed by atoms with Crippen LogP contribution in [0.3, 0.4) is 0 Å². The van der Waals surface area contributed by atoms with E-state index in [4.69, 9.17) is 9.47 Å². The topological polar surface area (TPSA) is 150 Å². The zero-order valence-corrected chi connectivity index (χ0v) is 28.6. The Balaban J connectivity index is 2.02. The van der Waals surface area contributed by atoms with Gasteiger partial charge in [0.05, 0.1) is 23.2 Å². The van der Waals surface area contributed by atoms with Crippen LogP contribution in [0.15, 0.2) is 47.4 Å². The largest absolute Gasteiger partial charge is 0.423 e. The average Bonchev–Trinajstić information content (AvgIpc) is 2.74. The molecular weight excluding hydrogens is 1060 g/mol. The van der Waals surface area contributed by atoms with Gasteiger partial charge in [0.15, 0.2) is 5.75 Å². The number of nitro benzene ring substituents is 1. The molecule has 36 heavy (non-hydrogen) atoms. The Morgan fingerprint density at radius 2 is 1.33 bits per heavy atom. The standard InChI is InChI=1S/C20H8I5NO9S/c21-8-3-13(22)17(14(23)4-8)35-19(27)11-2-1-9(26(29)30)5-12(11)20(28)34-10-6-15(24)18(16(25)7-10)36(31,32)33/h1-7H,(H,31,32,33). The Bertz CT molecular complexity index is 1500. The smallest absolute Gasteiger partial charge is 0.344 e. The van der Waals surface area contributed by atoms with Crippen LogP contribution in [-0.4, -0.2) is 29.8 Å². The van der Waals surface area contributed by atoms with Crippen LogP contribution in [0, 0.1) is 28.0 Å². The number of carbonyl (C=O) groups is 2. The number of hydrogen-bond acceptors (Lipinski definition) is 8. The minimum Gasteiger partial charge on any atom is -0.423 e. The van der Waals surface area contributed by atoms with Gasteiger partial charge in [0, 0.05) is 22.8 Å². The highest BCUT2D eigenvalue weighted by atomic mass is 127. The number of non-ortho nitro benzene ring substituents is 1. The van der Waals surface area contributed by atoms with Crippen molar-refractivity contribution < 1.29 is 37.0 Å². The molecule has 16 heteroatoms. The van der Waals surface area contributed by atoms with Gasteiger partial charge in [-0.05, 0) is 143 Å². The number of halogens is 5. The van der Waals surface area contributed by atoms with Gasteiger partial charge in [-0.3, -0.25) is 14.7 Å². The highest BCUT2D eigenvalue weighted by Gasteiger charge is 2.26. The quantitative estimate of drug-likeness (QED) is 0.0750. The molecule has 10 nitrogen and oxygen atoms in total. The summed E-state index contributed by atoms with van der Waals surface area (Å²) in [4.78, 5) is 36.3. The second-order valence-corrected chi connectivity index (χ2v) is 13.9. The number of esters is 2. The Morgan fingerprint density at radius 3 is 1.83 bits per heavy atom. The van der Waals surface area contributed by atoms with Crippen molar-refractivity contribution in [3.63, 3.8) is 0 Å². The maximum absolute atomic E-state index is 13.0. The van der Waals surface area contributed by atoms with E-state index in [1.54, 1.807) is 57.3 Å². The van der Waals surface area contributed by atoms with Gasteiger partial charge in [0.25, 0.3) is 15.8 Å². The predicted molar refractivity (Wildman–Crippen MR) is 169 cm³/mol. The summed E-state index contributed by atoms with van der Waals surface area (Å²) in [5, 5.41) is 11.3. The number of nitro groups is 1. The lowest BCUT2D eigenvalue weighted by atomic mass is 10.1. The van der Waals surface area contributed by atoms with Gasteiger partial charge < -0.3 is 9.47 Å². The van der Waals surface area contributed by atoms with Gasteiger partial charge in [0.2, 0.25) is 0 Å². The van der Waals surface area contributed by atoms with Crippen molar-refractivity contribution in [1.29, 1.82) is 0 Å². The van der Waals surface area contributed by atoms with Gasteiger partial charge in [-0.1, -0.05) is 0 Å². The third-order valence-electron chi connectivity index (χ3n) is 4.25. The lowest BCUT2D eigenvalue weighted by Gasteiger charge is -2.13. The molecule has 0 spiro atoms. The molecule has 1 N–H and O–H groups in total. The molecule has 3 rings (SSSR count). The van der Waals surface area contributed by atoms with Gasteiger partial charge in [0.1, 0.15) is 10.6 Å². The molecule has 0 aliphatic heterocycles. The van der Waals surface area contributed by atoms with Crippen LogP contribution in [0.25, 0.3) is 0 Å². The molecule has 0 saturated carbocycles. The third-order valence-corrected chi connectivity index (χ3v) is 9.87. The average molecular weight is 1070 g/mol. The maximum atomic E-state index is 13.0. The van der Waals surface area contributed by atoms with E-state index in [1.807, 2.05) is 45.2 Å². The molecular formula is C20H8I5NO9S. The van der Waals surface area contributed by atoms with Crippen molar-refractivity contribution in [2.45, 2.75) is 4.90 Å². The normalized spacial score (nSPS) is 11.2. The fourth-order valence-electron chi connectivity index (χ4n) is 2.77. The van der Waals surface area contributed by atoms with E-state index in [2.05, 4.69) is 22.6 Å². The Labute approximate surface area is 271 Å². The van der Waals surface area contributed by atoms with Crippen LogP contribution in [0.1, 0.15) is 20.7 Å². The molecule has 3 aromatic rings. The lowest BCUT2D eigenvalue weighted by molar-refractivity contribution is -0.384. The number of carbonyl (C=O) groups excluding carboxylic acids is 2. The maximum Gasteiger partial charge on any atom is 0.344 e. The molecule has 0 saturated heterocycles. The third kappa shape index (κ3) is 7.15. The first kappa shape index (κ1) is 30.1. The first-order valence-corrected chi connectivity index (χ1v) is 15.9. The molecule has 0 amide bonds. The summed E-state index contributed by atoms with van der Waals surface area (Å²) in [6.45, 7) is 0. The second-order valence-electron chi connectivity index (χ2n) is 6.66. The van der Waals surface area contributed by atoms with Crippen molar-refractivity contribution in [1.82, 2.24) is 0 Å². The minimum absolute atomic E-state index is 0.0753. The molecule has 0 radical (unpaired) electrons. The predicted octanol–water partition coefficient (Wildman–Crippen LogP) is 6.30. The van der Waals surface area contributed by atoms with Crippen molar-refractivity contribution in [3.8, 4) is 11.5 Å². The highest BCUT2D eigenvalue weighted by Crippen LogP contribution is 2.32. The molecule has 0 bridgehead atoms. The second kappa shape index (κ2) is 12.2. The molecule has 3 aromatic carbocycles. The minimum atomic E-state index is -4.53. The van der Waals surface area contributed by atoms with Crippen molar-refractivity contribution in [2.24, 2.45) is 0 Å². The van der Waals surface area contributed by atoms with Crippen LogP contribution in [0.2, 0.25) is 0 Å². The van der Waals surface area contributed by atoms with Crippen molar-refractivity contribution in [2.75, 3.05) is 0 Å². The van der Waals surface area contributed by atoms with Gasteiger partial charge in [-0.25, -0.2) is 9.59 Å². The summed E-state index contributed by atoms with van der Waals surface area (Å²) in [5.41, 5.74) is -1.15. The summed E-state index contributed by atoms with van der Waals surface area (Å²) in [6.07, 6.45) is 0. The number of nitrogens with zero attached hydrogens (tertiary/aromatic N) is 1. The molecule has 0 aromatic heterocycles.